The van der Waals surface area contributed by atoms with E-state index >= 15 is 0 Å². The molecule has 1 aromatic rings. The number of hydrogen-bond donors (Lipinski definition) is 0. The summed E-state index contributed by atoms with van der Waals surface area (Å²) in [5.74, 6) is 0.907. The first-order valence-corrected chi connectivity index (χ1v) is 8.57. The summed E-state index contributed by atoms with van der Waals surface area (Å²) in [6, 6.07) is 3.63. The summed E-state index contributed by atoms with van der Waals surface area (Å²) < 4.78 is 16.4. The van der Waals surface area contributed by atoms with E-state index in [4.69, 9.17) is 14.2 Å². The van der Waals surface area contributed by atoms with Gasteiger partial charge in [-0.05, 0) is 58.1 Å². The summed E-state index contributed by atoms with van der Waals surface area (Å²) in [7, 11) is 4.65. The molecule has 0 aliphatic carbocycles. The van der Waals surface area contributed by atoms with Crippen LogP contribution in [0.25, 0.3) is 6.08 Å². The molecule has 1 aromatic carbocycles. The van der Waals surface area contributed by atoms with Gasteiger partial charge < -0.3 is 14.2 Å². The standard InChI is InChI=1S/C15H16INO5S/c1-20-5-4-17-14(18)12(23-15(17)19)8-9-6-10(16)13(22-3)11(7-9)21-2/h6-8H,4-5H2,1-3H3/b12-8+. The molecule has 0 saturated carbocycles. The van der Waals surface area contributed by atoms with Crippen LogP contribution in [0.2, 0.25) is 0 Å². The Morgan fingerprint density at radius 2 is 1.96 bits per heavy atom. The van der Waals surface area contributed by atoms with E-state index in [0.717, 1.165) is 20.9 Å². The Balaban J connectivity index is 2.30. The van der Waals surface area contributed by atoms with Gasteiger partial charge in [-0.2, -0.15) is 0 Å². The van der Waals surface area contributed by atoms with Crippen molar-refractivity contribution in [2.45, 2.75) is 0 Å². The van der Waals surface area contributed by atoms with Crippen LogP contribution in [0, 0.1) is 3.57 Å². The Bertz CT molecular complexity index is 662. The van der Waals surface area contributed by atoms with Crippen LogP contribution in [0.15, 0.2) is 17.0 Å². The molecular weight excluding hydrogens is 433 g/mol. The number of benzene rings is 1. The summed E-state index contributed by atoms with van der Waals surface area (Å²) in [6.45, 7) is 0.571. The maximum Gasteiger partial charge on any atom is 0.293 e. The van der Waals surface area contributed by atoms with E-state index in [-0.39, 0.29) is 17.7 Å². The summed E-state index contributed by atoms with van der Waals surface area (Å²) in [4.78, 5) is 25.8. The highest BCUT2D eigenvalue weighted by molar-refractivity contribution is 14.1. The van der Waals surface area contributed by atoms with Crippen LogP contribution >= 0.6 is 34.4 Å². The molecule has 0 aromatic heterocycles. The third-order valence-electron chi connectivity index (χ3n) is 3.15. The van der Waals surface area contributed by atoms with Crippen molar-refractivity contribution in [2.24, 2.45) is 0 Å². The molecular formula is C15H16INO5S. The highest BCUT2D eigenvalue weighted by atomic mass is 127. The summed E-state index contributed by atoms with van der Waals surface area (Å²) >= 11 is 3.06. The molecule has 6 nitrogen and oxygen atoms in total. The highest BCUT2D eigenvalue weighted by Gasteiger charge is 2.34. The first-order chi connectivity index (χ1) is 11.0. The van der Waals surface area contributed by atoms with Gasteiger partial charge in [-0.15, -0.1) is 0 Å². The number of methoxy groups -OCH3 is 3. The van der Waals surface area contributed by atoms with Gasteiger partial charge in [0, 0.05) is 7.11 Å². The number of hydrogen-bond acceptors (Lipinski definition) is 6. The smallest absolute Gasteiger partial charge is 0.293 e. The number of rotatable bonds is 6. The van der Waals surface area contributed by atoms with Crippen molar-refractivity contribution in [3.8, 4) is 11.5 Å². The molecule has 0 unspecified atom stereocenters. The van der Waals surface area contributed by atoms with E-state index < -0.39 is 0 Å². The number of imide groups is 1. The fourth-order valence-corrected chi connectivity index (χ4v) is 3.76. The van der Waals surface area contributed by atoms with Gasteiger partial charge in [-0.1, -0.05) is 0 Å². The molecule has 1 fully saturated rings. The zero-order valence-electron chi connectivity index (χ0n) is 12.9. The van der Waals surface area contributed by atoms with E-state index in [0.29, 0.717) is 23.0 Å². The highest BCUT2D eigenvalue weighted by Crippen LogP contribution is 2.36. The maximum atomic E-state index is 12.3. The second-order valence-electron chi connectivity index (χ2n) is 4.56. The van der Waals surface area contributed by atoms with Gasteiger partial charge in [-0.25, -0.2) is 0 Å². The minimum Gasteiger partial charge on any atom is -0.493 e. The van der Waals surface area contributed by atoms with Crippen molar-refractivity contribution < 1.29 is 23.8 Å². The van der Waals surface area contributed by atoms with Crippen LogP contribution in [-0.2, 0) is 9.53 Å². The Labute approximate surface area is 152 Å². The van der Waals surface area contributed by atoms with Crippen LogP contribution in [0.4, 0.5) is 4.79 Å². The minimum atomic E-state index is -0.304. The van der Waals surface area contributed by atoms with Crippen molar-refractivity contribution in [3.63, 3.8) is 0 Å². The van der Waals surface area contributed by atoms with Crippen molar-refractivity contribution >= 4 is 51.6 Å². The topological polar surface area (TPSA) is 65.1 Å². The third kappa shape index (κ3) is 3.99. The van der Waals surface area contributed by atoms with Gasteiger partial charge in [0.05, 0.1) is 35.8 Å². The Hall–Kier alpha value is -1.26. The molecule has 1 heterocycles. The van der Waals surface area contributed by atoms with Gasteiger partial charge in [0.2, 0.25) is 0 Å². The number of carbonyl (C=O) groups excluding carboxylic acids is 2. The third-order valence-corrected chi connectivity index (χ3v) is 4.85. The molecule has 1 aliphatic rings. The van der Waals surface area contributed by atoms with Crippen LogP contribution in [0.5, 0.6) is 11.5 Å². The molecule has 124 valence electrons. The quantitative estimate of drug-likeness (QED) is 0.492. The minimum absolute atomic E-state index is 0.252. The summed E-state index contributed by atoms with van der Waals surface area (Å²) in [6.07, 6.45) is 1.68. The molecule has 8 heteroatoms. The predicted octanol–water partition coefficient (Wildman–Crippen LogP) is 2.99. The van der Waals surface area contributed by atoms with Crippen LogP contribution in [-0.4, -0.2) is 50.5 Å². The van der Waals surface area contributed by atoms with Crippen molar-refractivity contribution in [1.29, 1.82) is 0 Å². The Morgan fingerprint density at radius 1 is 1.22 bits per heavy atom. The van der Waals surface area contributed by atoms with E-state index in [2.05, 4.69) is 22.6 Å². The van der Waals surface area contributed by atoms with Gasteiger partial charge >= 0.3 is 0 Å². The zero-order chi connectivity index (χ0) is 17.0. The second-order valence-corrected chi connectivity index (χ2v) is 6.72. The van der Waals surface area contributed by atoms with Crippen LogP contribution in [0.1, 0.15) is 5.56 Å². The van der Waals surface area contributed by atoms with E-state index in [9.17, 15) is 9.59 Å². The average Bonchev–Trinajstić information content (AvgIpc) is 2.78. The number of amides is 2. The zero-order valence-corrected chi connectivity index (χ0v) is 15.9. The summed E-state index contributed by atoms with van der Waals surface area (Å²) in [5, 5.41) is -0.284. The average molecular weight is 449 g/mol. The Kier molecular flexibility index (Phi) is 6.31. The van der Waals surface area contributed by atoms with E-state index in [1.807, 2.05) is 6.07 Å². The summed E-state index contributed by atoms with van der Waals surface area (Å²) in [5.41, 5.74) is 0.768. The first-order valence-electron chi connectivity index (χ1n) is 6.67. The monoisotopic (exact) mass is 449 g/mol. The first kappa shape index (κ1) is 18.1. The lowest BCUT2D eigenvalue weighted by Crippen LogP contribution is -2.31. The molecule has 1 aliphatic heterocycles. The molecule has 23 heavy (non-hydrogen) atoms. The molecule has 1 saturated heterocycles. The lowest BCUT2D eigenvalue weighted by atomic mass is 10.2. The van der Waals surface area contributed by atoms with Crippen molar-refractivity contribution in [3.05, 3.63) is 26.2 Å². The lowest BCUT2D eigenvalue weighted by molar-refractivity contribution is -0.123. The lowest BCUT2D eigenvalue weighted by Gasteiger charge is -2.11. The second kappa shape index (κ2) is 8.02. The maximum absolute atomic E-state index is 12.3. The molecule has 0 bridgehead atoms. The van der Waals surface area contributed by atoms with E-state index in [1.165, 1.54) is 12.0 Å². The molecule has 0 spiro atoms. The Morgan fingerprint density at radius 3 is 2.57 bits per heavy atom. The molecule has 0 radical (unpaired) electrons. The largest absolute Gasteiger partial charge is 0.493 e. The molecule has 2 amide bonds. The fourth-order valence-electron chi connectivity index (χ4n) is 2.05. The van der Waals surface area contributed by atoms with Gasteiger partial charge in [0.1, 0.15) is 0 Å². The van der Waals surface area contributed by atoms with Crippen LogP contribution < -0.4 is 9.47 Å². The van der Waals surface area contributed by atoms with Gasteiger partial charge in [-0.3, -0.25) is 14.5 Å². The van der Waals surface area contributed by atoms with Crippen molar-refractivity contribution in [1.82, 2.24) is 4.90 Å². The number of ether oxygens (including phenoxy) is 3. The molecule has 2 rings (SSSR count). The number of nitrogens with zero attached hydrogens (tertiary/aromatic N) is 1. The number of thioether (sulfide) groups is 1. The van der Waals surface area contributed by atoms with Crippen LogP contribution in [0.3, 0.4) is 0 Å². The van der Waals surface area contributed by atoms with Crippen molar-refractivity contribution in [2.75, 3.05) is 34.5 Å². The predicted molar refractivity (Wildman–Crippen MR) is 96.8 cm³/mol. The number of halogens is 1. The normalized spacial score (nSPS) is 16.3. The van der Waals surface area contributed by atoms with Gasteiger partial charge in [0.15, 0.2) is 11.5 Å². The molecule has 0 atom stereocenters. The number of carbonyl (C=O) groups is 2. The SMILES string of the molecule is COCCN1C(=O)S/C(=C/c2cc(I)c(OC)c(OC)c2)C1=O. The molecule has 0 N–H and O–H groups in total. The van der Waals surface area contributed by atoms with E-state index in [1.54, 1.807) is 26.4 Å². The fraction of sp³-hybridized carbons (Fsp3) is 0.333. The van der Waals surface area contributed by atoms with Gasteiger partial charge in [0.25, 0.3) is 11.1 Å².